The zero-order valence-corrected chi connectivity index (χ0v) is 14.7. The molecule has 0 spiro atoms. The van der Waals surface area contributed by atoms with Gasteiger partial charge >= 0.3 is 0 Å². The van der Waals surface area contributed by atoms with Gasteiger partial charge in [-0.2, -0.15) is 5.10 Å². The number of amides is 1. The Bertz CT molecular complexity index is 675. The van der Waals surface area contributed by atoms with E-state index in [9.17, 15) is 9.90 Å². The summed E-state index contributed by atoms with van der Waals surface area (Å²) in [5.41, 5.74) is 3.52. The van der Waals surface area contributed by atoms with Crippen molar-refractivity contribution >= 4 is 17.5 Å². The van der Waals surface area contributed by atoms with Gasteiger partial charge in [-0.1, -0.05) is 23.7 Å². The van der Waals surface area contributed by atoms with Gasteiger partial charge in [0.15, 0.2) is 0 Å². The molecule has 0 aliphatic carbocycles. The number of carbonyl (C=O) groups excluding carboxylic acids is 1. The fourth-order valence-electron chi connectivity index (χ4n) is 2.86. The van der Waals surface area contributed by atoms with Crippen LogP contribution in [0.25, 0.3) is 0 Å². The number of carbonyl (C=O) groups is 1. The molecule has 0 saturated heterocycles. The molecule has 1 heterocycles. The van der Waals surface area contributed by atoms with Gasteiger partial charge in [0.25, 0.3) is 0 Å². The molecule has 0 aliphatic rings. The molecule has 136 valence electrons. The lowest BCUT2D eigenvalue weighted by Crippen LogP contribution is -2.32. The summed E-state index contributed by atoms with van der Waals surface area (Å²) in [6.45, 7) is 0.305. The molecule has 3 N–H and O–H groups in total. The fourth-order valence-corrected chi connectivity index (χ4v) is 2.98. The number of aliphatic hydroxyl groups excluding tert-OH is 1. The molecule has 25 heavy (non-hydrogen) atoms. The normalized spacial score (nSPS) is 13.4. The summed E-state index contributed by atoms with van der Waals surface area (Å²) < 4.78 is 7.23. The average Bonchev–Trinajstić information content (AvgIpc) is 3.07. The standard InChI is InChI=1S/C17H22ClN3O4/c1-25-16(11-17(23)20-24)14(10-12-2-4-13(18)5-3-12)15-6-7-19-21(15)8-9-22/h2-7,14,16,22,24H,8-11H2,1H3,(H,20,23)/t14-,16-/m1/s1. The number of hydrogen-bond donors (Lipinski definition) is 3. The second-order valence-electron chi connectivity index (χ2n) is 5.65. The minimum Gasteiger partial charge on any atom is -0.394 e. The van der Waals surface area contributed by atoms with E-state index in [1.807, 2.05) is 18.2 Å². The van der Waals surface area contributed by atoms with Crippen LogP contribution in [0.1, 0.15) is 23.6 Å². The predicted octanol–water partition coefficient (Wildman–Crippen LogP) is 1.77. The van der Waals surface area contributed by atoms with Crippen LogP contribution in [0.3, 0.4) is 0 Å². The summed E-state index contributed by atoms with van der Waals surface area (Å²) in [6.07, 6.45) is 1.76. The summed E-state index contributed by atoms with van der Waals surface area (Å²) in [5.74, 6) is -0.723. The Morgan fingerprint density at radius 2 is 2.08 bits per heavy atom. The van der Waals surface area contributed by atoms with Crippen LogP contribution in [0.2, 0.25) is 5.02 Å². The van der Waals surface area contributed by atoms with Crippen LogP contribution < -0.4 is 5.48 Å². The van der Waals surface area contributed by atoms with Gasteiger partial charge in [-0.15, -0.1) is 0 Å². The second-order valence-corrected chi connectivity index (χ2v) is 6.09. The van der Waals surface area contributed by atoms with Gasteiger partial charge in [-0.05, 0) is 30.2 Å². The zero-order valence-electron chi connectivity index (χ0n) is 13.9. The van der Waals surface area contributed by atoms with E-state index in [0.29, 0.717) is 18.0 Å². The summed E-state index contributed by atoms with van der Waals surface area (Å²) in [7, 11) is 1.52. The first-order valence-electron chi connectivity index (χ1n) is 7.91. The second kappa shape index (κ2) is 9.53. The van der Waals surface area contributed by atoms with Crippen LogP contribution in [0, 0.1) is 0 Å². The van der Waals surface area contributed by atoms with Gasteiger partial charge in [0, 0.05) is 29.9 Å². The van der Waals surface area contributed by atoms with Gasteiger partial charge in [0.05, 0.1) is 25.7 Å². The van der Waals surface area contributed by atoms with E-state index >= 15 is 0 Å². The first kappa shape index (κ1) is 19.4. The van der Waals surface area contributed by atoms with Crippen LogP contribution in [-0.2, 0) is 22.5 Å². The van der Waals surface area contributed by atoms with E-state index in [4.69, 9.17) is 21.5 Å². The van der Waals surface area contributed by atoms with E-state index in [1.165, 1.54) is 7.11 Å². The molecule has 0 radical (unpaired) electrons. The number of aliphatic hydroxyl groups is 1. The first-order valence-corrected chi connectivity index (χ1v) is 8.29. The number of nitrogens with zero attached hydrogens (tertiary/aromatic N) is 2. The maximum absolute atomic E-state index is 11.6. The Hall–Kier alpha value is -1.93. The number of halogens is 1. The minimum atomic E-state index is -0.527. The topological polar surface area (TPSA) is 96.6 Å². The van der Waals surface area contributed by atoms with Crippen LogP contribution in [0.4, 0.5) is 0 Å². The van der Waals surface area contributed by atoms with E-state index in [2.05, 4.69) is 5.10 Å². The molecular weight excluding hydrogens is 346 g/mol. The van der Waals surface area contributed by atoms with Crippen molar-refractivity contribution in [2.45, 2.75) is 31.4 Å². The highest BCUT2D eigenvalue weighted by Gasteiger charge is 2.28. The molecule has 0 bridgehead atoms. The van der Waals surface area contributed by atoms with Gasteiger partial charge in [0.1, 0.15) is 0 Å². The van der Waals surface area contributed by atoms with Crippen LogP contribution in [0.5, 0.6) is 0 Å². The number of hydroxylamine groups is 1. The molecule has 2 atom stereocenters. The van der Waals surface area contributed by atoms with Gasteiger partial charge < -0.3 is 9.84 Å². The number of hydrogen-bond acceptors (Lipinski definition) is 5. The quantitative estimate of drug-likeness (QED) is 0.463. The van der Waals surface area contributed by atoms with Gasteiger partial charge in [-0.25, -0.2) is 5.48 Å². The van der Waals surface area contributed by atoms with Crippen molar-refractivity contribution in [2.75, 3.05) is 13.7 Å². The average molecular weight is 368 g/mol. The van der Waals surface area contributed by atoms with Crippen LogP contribution in [-0.4, -0.2) is 45.8 Å². The third-order valence-corrected chi connectivity index (χ3v) is 4.32. The lowest BCUT2D eigenvalue weighted by Gasteiger charge is -2.26. The number of methoxy groups -OCH3 is 1. The predicted molar refractivity (Wildman–Crippen MR) is 92.6 cm³/mol. The Morgan fingerprint density at radius 3 is 2.68 bits per heavy atom. The fraction of sp³-hybridized carbons (Fsp3) is 0.412. The highest BCUT2D eigenvalue weighted by molar-refractivity contribution is 6.30. The van der Waals surface area contributed by atoms with Gasteiger partial charge in [0.2, 0.25) is 5.91 Å². The molecule has 0 aliphatic heterocycles. The van der Waals surface area contributed by atoms with Crippen molar-refractivity contribution in [1.82, 2.24) is 15.3 Å². The smallest absolute Gasteiger partial charge is 0.245 e. The maximum atomic E-state index is 11.6. The van der Waals surface area contributed by atoms with Crippen molar-refractivity contribution in [1.29, 1.82) is 0 Å². The molecule has 8 heteroatoms. The summed E-state index contributed by atoms with van der Waals surface area (Å²) in [6, 6.07) is 9.30. The monoisotopic (exact) mass is 367 g/mol. The Kier molecular flexibility index (Phi) is 7.39. The summed E-state index contributed by atoms with van der Waals surface area (Å²) >= 11 is 5.94. The van der Waals surface area contributed by atoms with Crippen molar-refractivity contribution in [3.8, 4) is 0 Å². The molecule has 1 aromatic carbocycles. The Balaban J connectivity index is 2.33. The van der Waals surface area contributed by atoms with E-state index in [0.717, 1.165) is 11.3 Å². The maximum Gasteiger partial charge on any atom is 0.245 e. The third kappa shape index (κ3) is 5.27. The Labute approximate surface area is 151 Å². The number of rotatable bonds is 9. The molecule has 0 unspecified atom stereocenters. The van der Waals surface area contributed by atoms with Gasteiger partial charge in [-0.3, -0.25) is 14.7 Å². The lowest BCUT2D eigenvalue weighted by atomic mass is 9.89. The number of nitrogens with one attached hydrogen (secondary N) is 1. The largest absolute Gasteiger partial charge is 0.394 e. The summed E-state index contributed by atoms with van der Waals surface area (Å²) in [5, 5.41) is 22.9. The third-order valence-electron chi connectivity index (χ3n) is 4.07. The SMILES string of the molecule is CO[C@H](CC(=O)NO)[C@H](Cc1ccc(Cl)cc1)c1ccnn1CCO. The van der Waals surface area contributed by atoms with Crippen molar-refractivity contribution in [3.63, 3.8) is 0 Å². The highest BCUT2D eigenvalue weighted by atomic mass is 35.5. The number of ether oxygens (including phenoxy) is 1. The molecule has 0 saturated carbocycles. The van der Waals surface area contributed by atoms with Crippen LogP contribution >= 0.6 is 11.6 Å². The zero-order chi connectivity index (χ0) is 18.2. The van der Waals surface area contributed by atoms with E-state index in [-0.39, 0.29) is 18.9 Å². The van der Waals surface area contributed by atoms with Crippen LogP contribution in [0.15, 0.2) is 36.5 Å². The van der Waals surface area contributed by atoms with E-state index in [1.54, 1.807) is 28.5 Å². The molecule has 0 fully saturated rings. The lowest BCUT2D eigenvalue weighted by molar-refractivity contribution is -0.132. The molecule has 2 rings (SSSR count). The Morgan fingerprint density at radius 1 is 1.36 bits per heavy atom. The van der Waals surface area contributed by atoms with Crippen molar-refractivity contribution in [3.05, 3.63) is 52.8 Å². The van der Waals surface area contributed by atoms with Crippen molar-refractivity contribution in [2.24, 2.45) is 0 Å². The van der Waals surface area contributed by atoms with Crippen molar-refractivity contribution < 1.29 is 19.8 Å². The molecule has 2 aromatic rings. The molecule has 1 aromatic heterocycles. The number of aromatic nitrogens is 2. The molecular formula is C17H22ClN3O4. The molecule has 7 nitrogen and oxygen atoms in total. The van der Waals surface area contributed by atoms with E-state index < -0.39 is 12.0 Å². The highest BCUT2D eigenvalue weighted by Crippen LogP contribution is 2.28. The number of benzene rings is 1. The summed E-state index contributed by atoms with van der Waals surface area (Å²) in [4.78, 5) is 11.6. The first-order chi connectivity index (χ1) is 12.1. The minimum absolute atomic E-state index is 0.00440. The molecule has 1 amide bonds.